The van der Waals surface area contributed by atoms with E-state index in [2.05, 4.69) is 27.6 Å². The van der Waals surface area contributed by atoms with Gasteiger partial charge in [0.1, 0.15) is 17.2 Å². The number of ether oxygens (including phenoxy) is 1. The van der Waals surface area contributed by atoms with Crippen molar-refractivity contribution in [2.45, 2.75) is 90.4 Å². The Bertz CT molecular complexity index is 1060. The van der Waals surface area contributed by atoms with Crippen LogP contribution in [0, 0.1) is 11.8 Å². The molecular formula is C27H39ClFN5O2. The van der Waals surface area contributed by atoms with Crippen LogP contribution < -0.4 is 15.4 Å². The highest BCUT2D eigenvalue weighted by Crippen LogP contribution is 2.39. The number of nitrogens with zero attached hydrogens (tertiary/aromatic N) is 3. The quantitative estimate of drug-likeness (QED) is 0.430. The third-order valence-corrected chi connectivity index (χ3v) is 8.25. The number of pyridine rings is 1. The highest BCUT2D eigenvalue weighted by Gasteiger charge is 2.37. The number of amides is 1. The Morgan fingerprint density at radius 3 is 2.69 bits per heavy atom. The van der Waals surface area contributed by atoms with Crippen molar-refractivity contribution >= 4 is 23.3 Å². The Balaban J connectivity index is 1.54. The molecule has 2 N–H and O–H groups in total. The zero-order chi connectivity index (χ0) is 25.9. The molecule has 4 rings (SSSR count). The standard InChI is InChI=1S/C27H39ClFN5O2/c1-5-34-25(23(28)24(33-34)26(35)31-15-18-11-9-17(2)10-12-18)19-16-30-22(14-20(19)36-4)32-21-8-6-7-13-27(21,3)29/h14,16-18,21H,5-13,15H2,1-4H3,(H,30,32)(H,31,35)/t17?,18?,21-,27?/m0/s1. The molecule has 2 aliphatic carbocycles. The smallest absolute Gasteiger partial charge is 0.273 e. The topological polar surface area (TPSA) is 81.1 Å². The van der Waals surface area contributed by atoms with E-state index in [0.717, 1.165) is 38.0 Å². The van der Waals surface area contributed by atoms with Crippen LogP contribution in [-0.2, 0) is 6.54 Å². The van der Waals surface area contributed by atoms with Crippen molar-refractivity contribution in [3.05, 3.63) is 23.0 Å². The second kappa shape index (κ2) is 11.4. The van der Waals surface area contributed by atoms with Gasteiger partial charge in [0.2, 0.25) is 0 Å². The Hall–Kier alpha value is -2.35. The molecule has 0 spiro atoms. The number of aryl methyl sites for hydroxylation is 1. The Kier molecular flexibility index (Phi) is 8.43. The highest BCUT2D eigenvalue weighted by molar-refractivity contribution is 6.36. The van der Waals surface area contributed by atoms with E-state index in [1.807, 2.05) is 6.92 Å². The van der Waals surface area contributed by atoms with Crippen molar-refractivity contribution in [1.82, 2.24) is 20.1 Å². The molecule has 0 saturated heterocycles. The van der Waals surface area contributed by atoms with Gasteiger partial charge in [-0.15, -0.1) is 0 Å². The van der Waals surface area contributed by atoms with Crippen LogP contribution in [0.3, 0.4) is 0 Å². The van der Waals surface area contributed by atoms with Gasteiger partial charge in [0.05, 0.1) is 29.4 Å². The van der Waals surface area contributed by atoms with E-state index in [-0.39, 0.29) is 22.7 Å². The van der Waals surface area contributed by atoms with Gasteiger partial charge >= 0.3 is 0 Å². The third kappa shape index (κ3) is 5.79. The number of anilines is 1. The number of hydrogen-bond acceptors (Lipinski definition) is 5. The van der Waals surface area contributed by atoms with Gasteiger partial charge < -0.3 is 15.4 Å². The summed E-state index contributed by atoms with van der Waals surface area (Å²) in [7, 11) is 1.57. The summed E-state index contributed by atoms with van der Waals surface area (Å²) in [6.07, 6.45) is 9.52. The van der Waals surface area contributed by atoms with Crippen LogP contribution in [0.15, 0.2) is 12.3 Å². The average Bonchev–Trinajstić information content (AvgIpc) is 3.20. The van der Waals surface area contributed by atoms with Crippen molar-refractivity contribution in [2.75, 3.05) is 19.0 Å². The number of hydrogen-bond donors (Lipinski definition) is 2. The van der Waals surface area contributed by atoms with E-state index in [1.165, 1.54) is 12.8 Å². The fraction of sp³-hybridized carbons (Fsp3) is 0.667. The minimum atomic E-state index is -1.28. The first-order valence-corrected chi connectivity index (χ1v) is 13.7. The number of aromatic nitrogens is 3. The molecule has 2 fully saturated rings. The second-order valence-corrected chi connectivity index (χ2v) is 11.0. The van der Waals surface area contributed by atoms with Crippen LogP contribution in [0.25, 0.3) is 11.3 Å². The average molecular weight is 520 g/mol. The molecule has 7 nitrogen and oxygen atoms in total. The van der Waals surface area contributed by atoms with Crippen LogP contribution in [-0.4, -0.2) is 46.0 Å². The minimum Gasteiger partial charge on any atom is -0.496 e. The van der Waals surface area contributed by atoms with Gasteiger partial charge in [-0.25, -0.2) is 9.37 Å². The maximum atomic E-state index is 15.0. The van der Waals surface area contributed by atoms with Crippen LogP contribution in [0.1, 0.15) is 82.6 Å². The van der Waals surface area contributed by atoms with Crippen LogP contribution in [0.2, 0.25) is 5.02 Å². The first kappa shape index (κ1) is 26.7. The van der Waals surface area contributed by atoms with Gasteiger partial charge in [-0.05, 0) is 51.4 Å². The first-order valence-electron chi connectivity index (χ1n) is 13.3. The third-order valence-electron chi connectivity index (χ3n) is 7.89. The summed E-state index contributed by atoms with van der Waals surface area (Å²) in [5, 5.41) is 11.1. The predicted octanol–water partition coefficient (Wildman–Crippen LogP) is 6.27. The largest absolute Gasteiger partial charge is 0.496 e. The second-order valence-electron chi connectivity index (χ2n) is 10.7. The summed E-state index contributed by atoms with van der Waals surface area (Å²) in [6.45, 7) is 7.03. The molecule has 9 heteroatoms. The number of nitrogens with one attached hydrogen (secondary N) is 2. The monoisotopic (exact) mass is 519 g/mol. The van der Waals surface area contributed by atoms with Gasteiger partial charge in [-0.3, -0.25) is 9.48 Å². The van der Waals surface area contributed by atoms with Gasteiger partial charge in [0.15, 0.2) is 5.69 Å². The van der Waals surface area contributed by atoms with Gasteiger partial charge in [-0.2, -0.15) is 5.10 Å². The molecule has 0 radical (unpaired) electrons. The fourth-order valence-electron chi connectivity index (χ4n) is 5.48. The summed E-state index contributed by atoms with van der Waals surface area (Å²) >= 11 is 6.75. The summed E-state index contributed by atoms with van der Waals surface area (Å²) in [5.41, 5.74) is 0.139. The number of alkyl halides is 1. The molecule has 0 bridgehead atoms. The zero-order valence-electron chi connectivity index (χ0n) is 21.9. The SMILES string of the molecule is CCn1nc(C(=O)NCC2CCC(C)CC2)c(Cl)c1-c1cnc(N[C@H]2CCCCC2(C)F)cc1OC. The maximum absolute atomic E-state index is 15.0. The van der Waals surface area contributed by atoms with Crippen LogP contribution in [0.5, 0.6) is 5.75 Å². The van der Waals surface area contributed by atoms with Crippen molar-refractivity contribution in [3.63, 3.8) is 0 Å². The Morgan fingerprint density at radius 1 is 1.28 bits per heavy atom. The van der Waals surface area contributed by atoms with E-state index in [0.29, 0.717) is 48.3 Å². The summed E-state index contributed by atoms with van der Waals surface area (Å²) < 4.78 is 22.4. The number of carbonyl (C=O) groups is 1. The molecule has 198 valence electrons. The summed E-state index contributed by atoms with van der Waals surface area (Å²) in [4.78, 5) is 17.6. The highest BCUT2D eigenvalue weighted by atomic mass is 35.5. The molecule has 1 amide bonds. The van der Waals surface area contributed by atoms with Gasteiger partial charge in [0, 0.05) is 25.4 Å². The molecule has 2 saturated carbocycles. The van der Waals surface area contributed by atoms with E-state index >= 15 is 0 Å². The summed E-state index contributed by atoms with van der Waals surface area (Å²) in [5.74, 6) is 2.07. The van der Waals surface area contributed by atoms with Crippen molar-refractivity contribution in [2.24, 2.45) is 11.8 Å². The molecule has 0 aromatic carbocycles. The normalized spacial score (nSPS) is 26.4. The number of rotatable bonds is 8. The molecule has 2 aromatic heterocycles. The lowest BCUT2D eigenvalue weighted by atomic mass is 9.83. The molecule has 1 unspecified atom stereocenters. The van der Waals surface area contributed by atoms with Crippen molar-refractivity contribution < 1.29 is 13.9 Å². The van der Waals surface area contributed by atoms with E-state index in [4.69, 9.17) is 16.3 Å². The Labute approximate surface area is 218 Å². The zero-order valence-corrected chi connectivity index (χ0v) is 22.6. The van der Waals surface area contributed by atoms with Crippen molar-refractivity contribution in [1.29, 1.82) is 0 Å². The van der Waals surface area contributed by atoms with Crippen molar-refractivity contribution in [3.8, 4) is 17.0 Å². The Morgan fingerprint density at radius 2 is 2.03 bits per heavy atom. The first-order chi connectivity index (χ1) is 17.2. The minimum absolute atomic E-state index is 0.206. The molecule has 2 aromatic rings. The number of halogens is 2. The predicted molar refractivity (Wildman–Crippen MR) is 142 cm³/mol. The van der Waals surface area contributed by atoms with E-state index < -0.39 is 5.67 Å². The number of carbonyl (C=O) groups excluding carboxylic acids is 1. The maximum Gasteiger partial charge on any atom is 0.273 e. The van der Waals surface area contributed by atoms with Gasteiger partial charge in [-0.1, -0.05) is 44.2 Å². The van der Waals surface area contributed by atoms with Crippen LogP contribution >= 0.6 is 11.6 Å². The van der Waals surface area contributed by atoms with Crippen LogP contribution in [0.4, 0.5) is 10.2 Å². The molecule has 2 heterocycles. The molecular weight excluding hydrogens is 481 g/mol. The lowest BCUT2D eigenvalue weighted by Gasteiger charge is -2.35. The lowest BCUT2D eigenvalue weighted by molar-refractivity contribution is 0.0936. The molecule has 36 heavy (non-hydrogen) atoms. The van der Waals surface area contributed by atoms with Gasteiger partial charge in [0.25, 0.3) is 5.91 Å². The van der Waals surface area contributed by atoms with E-state index in [1.54, 1.807) is 31.0 Å². The molecule has 2 atom stereocenters. The molecule has 0 aliphatic heterocycles. The lowest BCUT2D eigenvalue weighted by Crippen LogP contribution is -2.43. The summed E-state index contributed by atoms with van der Waals surface area (Å²) in [6, 6.07) is 1.45. The fourth-order valence-corrected chi connectivity index (χ4v) is 5.81. The van der Waals surface area contributed by atoms with E-state index in [9.17, 15) is 9.18 Å². The number of methoxy groups -OCH3 is 1. The molecule has 2 aliphatic rings.